The van der Waals surface area contributed by atoms with E-state index in [0.717, 1.165) is 16.9 Å². The molecule has 0 unspecified atom stereocenters. The fourth-order valence-electron chi connectivity index (χ4n) is 7.15. The summed E-state index contributed by atoms with van der Waals surface area (Å²) < 4.78 is 25.2. The Labute approximate surface area is 361 Å². The molecule has 1 fully saturated rings. The molecule has 0 bridgehead atoms. The van der Waals surface area contributed by atoms with Crippen molar-refractivity contribution in [3.05, 3.63) is 70.1 Å². The molecule has 61 heavy (non-hydrogen) atoms. The summed E-state index contributed by atoms with van der Waals surface area (Å²) in [5, 5.41) is 6.01. The first kappa shape index (κ1) is 47.4. The van der Waals surface area contributed by atoms with Gasteiger partial charge in [0.15, 0.2) is 0 Å². The lowest BCUT2D eigenvalue weighted by atomic mass is 9.86. The highest BCUT2D eigenvalue weighted by Crippen LogP contribution is 2.27. The standard InChI is InChI=1S/C47H68N6O8/c1-44(2,3)33-13-16-38-37(27-33)43(57)36-15-14-35(28-39(36)58-38)53-18-17-34(48-53)29-49-19-21-50(30-40(54)59-45(4,5)6)23-25-52(32-42(56)61-47(10,11)12)26-24-51(22-20-49)31-41(55)60-46(7,8)9/h13-18,27-28H,19-26,29-32H2,1-12H3. The summed E-state index contributed by atoms with van der Waals surface area (Å²) in [6.07, 6.45) is 1.89. The Hall–Kier alpha value is -4.63. The van der Waals surface area contributed by atoms with Crippen LogP contribution in [0.2, 0.25) is 0 Å². The number of esters is 3. The lowest BCUT2D eigenvalue weighted by Crippen LogP contribution is -2.49. The molecule has 5 rings (SSSR count). The number of aromatic nitrogens is 2. The second kappa shape index (κ2) is 19.2. The van der Waals surface area contributed by atoms with E-state index in [1.54, 1.807) is 10.7 Å². The van der Waals surface area contributed by atoms with Crippen molar-refractivity contribution in [2.45, 2.75) is 112 Å². The number of fused-ring (bicyclic) bond motifs is 2. The summed E-state index contributed by atoms with van der Waals surface area (Å²) in [6.45, 7) is 28.0. The minimum Gasteiger partial charge on any atom is -0.459 e. The molecule has 0 amide bonds. The van der Waals surface area contributed by atoms with Crippen molar-refractivity contribution in [3.8, 4) is 5.69 Å². The Morgan fingerprint density at radius 1 is 0.574 bits per heavy atom. The predicted molar refractivity (Wildman–Crippen MR) is 238 cm³/mol. The Bertz CT molecular complexity index is 2170. The van der Waals surface area contributed by atoms with Gasteiger partial charge in [-0.1, -0.05) is 26.8 Å². The SMILES string of the molecule is CC(C)(C)OC(=O)CN1CCN(CC(=O)OC(C)(C)C)CCN(Cc2ccn(-c3ccc4c(=O)c5cc(C(C)(C)C)ccc5oc4c3)n2)CCN(CC(=O)OC(C)(C)C)CC1. The zero-order chi connectivity index (χ0) is 44.9. The average molecular weight is 845 g/mol. The van der Waals surface area contributed by atoms with Crippen LogP contribution in [-0.4, -0.2) is 136 Å². The second-order valence-corrected chi connectivity index (χ2v) is 20.2. The lowest BCUT2D eigenvalue weighted by molar-refractivity contribution is -0.158. The second-order valence-electron chi connectivity index (χ2n) is 20.2. The number of ether oxygens (including phenoxy) is 3. The molecular formula is C47H68N6O8. The maximum atomic E-state index is 13.6. The predicted octanol–water partition coefficient (Wildman–Crippen LogP) is 6.18. The number of hydrogen-bond donors (Lipinski definition) is 0. The highest BCUT2D eigenvalue weighted by Gasteiger charge is 2.26. The molecule has 1 saturated heterocycles. The maximum Gasteiger partial charge on any atom is 0.320 e. The molecule has 0 atom stereocenters. The fraction of sp³-hybridized carbons (Fsp3) is 0.596. The number of benzene rings is 2. The normalized spacial score (nSPS) is 16.6. The molecule has 0 aliphatic carbocycles. The third-order valence-corrected chi connectivity index (χ3v) is 10.1. The topological polar surface area (TPSA) is 140 Å². The van der Waals surface area contributed by atoms with Crippen LogP contribution < -0.4 is 5.43 Å². The van der Waals surface area contributed by atoms with Gasteiger partial charge in [0.2, 0.25) is 5.43 Å². The van der Waals surface area contributed by atoms with Crippen LogP contribution in [0.4, 0.5) is 0 Å². The summed E-state index contributed by atoms with van der Waals surface area (Å²) in [5.74, 6) is -0.971. The van der Waals surface area contributed by atoms with Gasteiger partial charge in [0, 0.05) is 71.2 Å². The quantitative estimate of drug-likeness (QED) is 0.108. The average Bonchev–Trinajstić information content (AvgIpc) is 3.58. The third kappa shape index (κ3) is 14.8. The Morgan fingerprint density at radius 2 is 1.03 bits per heavy atom. The van der Waals surface area contributed by atoms with Crippen molar-refractivity contribution in [2.75, 3.05) is 72.0 Å². The fourth-order valence-corrected chi connectivity index (χ4v) is 7.15. The first-order valence-corrected chi connectivity index (χ1v) is 21.4. The summed E-state index contributed by atoms with van der Waals surface area (Å²) in [6, 6.07) is 13.3. The number of rotatable bonds is 9. The van der Waals surface area contributed by atoms with E-state index in [0.29, 0.717) is 80.8 Å². The molecule has 0 radical (unpaired) electrons. The Kier molecular flexibility index (Phi) is 14.9. The van der Waals surface area contributed by atoms with Crippen LogP contribution in [0.15, 0.2) is 57.9 Å². The molecule has 2 aromatic carbocycles. The highest BCUT2D eigenvalue weighted by molar-refractivity contribution is 5.91. The third-order valence-electron chi connectivity index (χ3n) is 10.1. The summed E-state index contributed by atoms with van der Waals surface area (Å²) in [4.78, 5) is 61.3. The molecule has 4 aromatic rings. The minimum atomic E-state index is -0.631. The van der Waals surface area contributed by atoms with E-state index in [4.69, 9.17) is 23.7 Å². The molecule has 1 aliphatic rings. The first-order valence-electron chi connectivity index (χ1n) is 21.4. The molecule has 3 heterocycles. The van der Waals surface area contributed by atoms with Crippen molar-refractivity contribution in [1.82, 2.24) is 29.4 Å². The molecule has 334 valence electrons. The van der Waals surface area contributed by atoms with Crippen LogP contribution in [0.25, 0.3) is 27.6 Å². The van der Waals surface area contributed by atoms with Crippen molar-refractivity contribution < 1.29 is 33.0 Å². The van der Waals surface area contributed by atoms with E-state index >= 15 is 0 Å². The summed E-state index contributed by atoms with van der Waals surface area (Å²) in [7, 11) is 0. The molecule has 0 N–H and O–H groups in total. The highest BCUT2D eigenvalue weighted by atomic mass is 16.6. The van der Waals surface area contributed by atoms with Gasteiger partial charge in [-0.05, 0) is 104 Å². The molecule has 2 aromatic heterocycles. The molecule has 1 aliphatic heterocycles. The summed E-state index contributed by atoms with van der Waals surface area (Å²) in [5.41, 5.74) is 1.60. The van der Waals surface area contributed by atoms with E-state index in [9.17, 15) is 19.2 Å². The van der Waals surface area contributed by atoms with E-state index < -0.39 is 16.8 Å². The van der Waals surface area contributed by atoms with Gasteiger partial charge in [-0.15, -0.1) is 0 Å². The monoisotopic (exact) mass is 845 g/mol. The van der Waals surface area contributed by atoms with Gasteiger partial charge >= 0.3 is 17.9 Å². The molecule has 0 spiro atoms. The van der Waals surface area contributed by atoms with Crippen LogP contribution >= 0.6 is 0 Å². The van der Waals surface area contributed by atoms with Gasteiger partial charge in [-0.25, -0.2) is 4.68 Å². The lowest BCUT2D eigenvalue weighted by Gasteiger charge is -2.34. The van der Waals surface area contributed by atoms with Crippen molar-refractivity contribution in [3.63, 3.8) is 0 Å². The van der Waals surface area contributed by atoms with Gasteiger partial charge in [0.25, 0.3) is 0 Å². The van der Waals surface area contributed by atoms with E-state index in [1.165, 1.54) is 0 Å². The number of carbonyl (C=O) groups excluding carboxylic acids is 3. The van der Waals surface area contributed by atoms with Crippen LogP contribution in [0.3, 0.4) is 0 Å². The largest absolute Gasteiger partial charge is 0.459 e. The van der Waals surface area contributed by atoms with Crippen LogP contribution in [-0.2, 0) is 40.6 Å². The number of carbonyl (C=O) groups is 3. The van der Waals surface area contributed by atoms with Crippen molar-refractivity contribution in [2.24, 2.45) is 0 Å². The van der Waals surface area contributed by atoms with E-state index in [-0.39, 0.29) is 48.4 Å². The first-order chi connectivity index (χ1) is 28.3. The molecular weight excluding hydrogens is 777 g/mol. The molecule has 0 saturated carbocycles. The Morgan fingerprint density at radius 3 is 1.48 bits per heavy atom. The van der Waals surface area contributed by atoms with Crippen molar-refractivity contribution in [1.29, 1.82) is 0 Å². The zero-order valence-electron chi connectivity index (χ0n) is 38.6. The zero-order valence-corrected chi connectivity index (χ0v) is 38.6. The summed E-state index contributed by atoms with van der Waals surface area (Å²) >= 11 is 0. The Balaban J connectivity index is 1.39. The van der Waals surface area contributed by atoms with Crippen LogP contribution in [0.1, 0.15) is 94.3 Å². The number of hydrogen-bond acceptors (Lipinski definition) is 13. The van der Waals surface area contributed by atoms with Gasteiger partial charge in [-0.3, -0.25) is 38.8 Å². The smallest absolute Gasteiger partial charge is 0.320 e. The van der Waals surface area contributed by atoms with Gasteiger partial charge < -0.3 is 18.6 Å². The van der Waals surface area contributed by atoms with E-state index in [2.05, 4.69) is 35.5 Å². The van der Waals surface area contributed by atoms with Crippen LogP contribution in [0.5, 0.6) is 0 Å². The van der Waals surface area contributed by atoms with E-state index in [1.807, 2.05) is 110 Å². The van der Waals surface area contributed by atoms with Crippen LogP contribution in [0, 0.1) is 0 Å². The minimum absolute atomic E-state index is 0.0671. The number of nitrogens with zero attached hydrogens (tertiary/aromatic N) is 6. The molecule has 14 heteroatoms. The van der Waals surface area contributed by atoms with Gasteiger partial charge in [-0.2, -0.15) is 5.10 Å². The van der Waals surface area contributed by atoms with Crippen molar-refractivity contribution >= 4 is 39.8 Å². The van der Waals surface area contributed by atoms with Gasteiger partial charge in [0.05, 0.1) is 41.8 Å². The molecule has 14 nitrogen and oxygen atoms in total. The maximum absolute atomic E-state index is 13.6. The van der Waals surface area contributed by atoms with Gasteiger partial charge in [0.1, 0.15) is 28.0 Å².